The predicted octanol–water partition coefficient (Wildman–Crippen LogP) is 1.55. The summed E-state index contributed by atoms with van der Waals surface area (Å²) in [4.78, 5) is 0. The Hall–Kier alpha value is -1.68. The third kappa shape index (κ3) is 2.05. The van der Waals surface area contributed by atoms with Crippen molar-refractivity contribution in [1.29, 1.82) is 0 Å². The molecule has 0 saturated heterocycles. The molecular weight excluding hydrogens is 195 g/mol. The monoisotopic (exact) mass is 206 g/mol. The number of rotatable bonds is 3. The number of benzene rings is 1. The summed E-state index contributed by atoms with van der Waals surface area (Å²) in [5.41, 5.74) is 1.31. The summed E-state index contributed by atoms with van der Waals surface area (Å²) < 4.78 is 14.8. The smallest absolute Gasteiger partial charge is 0.148 e. The molecule has 15 heavy (non-hydrogen) atoms. The molecule has 0 aliphatic rings. The van der Waals surface area contributed by atoms with Crippen molar-refractivity contribution in [1.82, 2.24) is 9.78 Å². The number of para-hydroxylation sites is 1. The van der Waals surface area contributed by atoms with Gasteiger partial charge >= 0.3 is 0 Å². The van der Waals surface area contributed by atoms with Crippen LogP contribution in [0.2, 0.25) is 0 Å². The highest BCUT2D eigenvalue weighted by molar-refractivity contribution is 5.32. The van der Waals surface area contributed by atoms with E-state index in [9.17, 15) is 4.39 Å². The van der Waals surface area contributed by atoms with Crippen LogP contribution in [0, 0.1) is 5.82 Å². The first-order valence-corrected chi connectivity index (χ1v) is 4.70. The van der Waals surface area contributed by atoms with Crippen LogP contribution in [0.4, 0.5) is 4.39 Å². The zero-order valence-corrected chi connectivity index (χ0v) is 8.10. The van der Waals surface area contributed by atoms with Gasteiger partial charge in [-0.2, -0.15) is 5.10 Å². The van der Waals surface area contributed by atoms with Gasteiger partial charge in [0.25, 0.3) is 0 Å². The van der Waals surface area contributed by atoms with Crippen molar-refractivity contribution in [2.45, 2.75) is 6.42 Å². The first-order chi connectivity index (χ1) is 7.31. The van der Waals surface area contributed by atoms with E-state index in [1.807, 2.05) is 0 Å². The van der Waals surface area contributed by atoms with Crippen LogP contribution in [0.3, 0.4) is 0 Å². The van der Waals surface area contributed by atoms with Crippen LogP contribution in [0.5, 0.6) is 0 Å². The minimum Gasteiger partial charge on any atom is -0.396 e. The molecule has 0 radical (unpaired) electrons. The summed E-state index contributed by atoms with van der Waals surface area (Å²) in [6.07, 6.45) is 3.88. The standard InChI is InChI=1S/C11H11FN2O/c12-10-3-1-2-4-11(10)14-8-9(5-6-15)7-13-14/h1-4,7-8,15H,5-6H2. The lowest BCUT2D eigenvalue weighted by Crippen LogP contribution is -1.97. The summed E-state index contributed by atoms with van der Waals surface area (Å²) in [5, 5.41) is 12.8. The van der Waals surface area contributed by atoms with E-state index >= 15 is 0 Å². The minimum absolute atomic E-state index is 0.0724. The fourth-order valence-corrected chi connectivity index (χ4v) is 1.39. The molecule has 1 heterocycles. The van der Waals surface area contributed by atoms with Gasteiger partial charge in [0.05, 0.1) is 6.20 Å². The van der Waals surface area contributed by atoms with Gasteiger partial charge in [0.15, 0.2) is 0 Å². The van der Waals surface area contributed by atoms with E-state index < -0.39 is 0 Å². The van der Waals surface area contributed by atoms with Crippen molar-refractivity contribution in [3.63, 3.8) is 0 Å². The van der Waals surface area contributed by atoms with Crippen LogP contribution >= 0.6 is 0 Å². The Balaban J connectivity index is 2.33. The maximum absolute atomic E-state index is 13.4. The highest BCUT2D eigenvalue weighted by atomic mass is 19.1. The second kappa shape index (κ2) is 4.23. The Labute approximate surface area is 86.8 Å². The molecule has 0 spiro atoms. The molecule has 0 amide bonds. The average Bonchev–Trinajstić information content (AvgIpc) is 2.68. The van der Waals surface area contributed by atoms with E-state index in [1.54, 1.807) is 30.6 Å². The Morgan fingerprint density at radius 1 is 1.33 bits per heavy atom. The highest BCUT2D eigenvalue weighted by Gasteiger charge is 2.04. The molecule has 1 N–H and O–H groups in total. The summed E-state index contributed by atoms with van der Waals surface area (Å²) >= 11 is 0. The molecule has 2 aromatic rings. The summed E-state index contributed by atoms with van der Waals surface area (Å²) in [6.45, 7) is 0.0724. The molecule has 78 valence electrons. The molecule has 4 heteroatoms. The van der Waals surface area contributed by atoms with E-state index in [2.05, 4.69) is 5.10 Å². The second-order valence-corrected chi connectivity index (χ2v) is 3.22. The number of aliphatic hydroxyl groups excluding tert-OH is 1. The summed E-state index contributed by atoms with van der Waals surface area (Å²) in [6, 6.07) is 6.44. The van der Waals surface area contributed by atoms with Crippen LogP contribution in [0.15, 0.2) is 36.7 Å². The first-order valence-electron chi connectivity index (χ1n) is 4.70. The number of aliphatic hydroxyl groups is 1. The van der Waals surface area contributed by atoms with E-state index in [4.69, 9.17) is 5.11 Å². The van der Waals surface area contributed by atoms with Gasteiger partial charge in [0.1, 0.15) is 11.5 Å². The maximum Gasteiger partial charge on any atom is 0.148 e. The van der Waals surface area contributed by atoms with Gasteiger partial charge in [-0.25, -0.2) is 9.07 Å². The fraction of sp³-hybridized carbons (Fsp3) is 0.182. The van der Waals surface area contributed by atoms with E-state index in [0.717, 1.165) is 5.56 Å². The molecule has 0 fully saturated rings. The highest BCUT2D eigenvalue weighted by Crippen LogP contribution is 2.12. The van der Waals surface area contributed by atoms with Crippen molar-refractivity contribution < 1.29 is 9.50 Å². The van der Waals surface area contributed by atoms with E-state index in [0.29, 0.717) is 12.1 Å². The zero-order chi connectivity index (χ0) is 10.7. The zero-order valence-electron chi connectivity index (χ0n) is 8.10. The van der Waals surface area contributed by atoms with Crippen LogP contribution in [0.25, 0.3) is 5.69 Å². The Bertz CT molecular complexity index is 453. The molecule has 2 rings (SSSR count). The third-order valence-corrected chi connectivity index (χ3v) is 2.14. The van der Waals surface area contributed by atoms with Crippen molar-refractivity contribution in [3.05, 3.63) is 48.0 Å². The number of aromatic nitrogens is 2. The molecule has 0 bridgehead atoms. The molecule has 0 aliphatic heterocycles. The molecule has 0 atom stereocenters. The SMILES string of the molecule is OCCc1cnn(-c2ccccc2F)c1. The number of hydrogen-bond acceptors (Lipinski definition) is 2. The quantitative estimate of drug-likeness (QED) is 0.827. The largest absolute Gasteiger partial charge is 0.396 e. The lowest BCUT2D eigenvalue weighted by molar-refractivity contribution is 0.299. The van der Waals surface area contributed by atoms with Crippen LogP contribution in [-0.2, 0) is 6.42 Å². The van der Waals surface area contributed by atoms with Gasteiger partial charge in [-0.3, -0.25) is 0 Å². The normalized spacial score (nSPS) is 10.5. The Kier molecular flexibility index (Phi) is 2.78. The van der Waals surface area contributed by atoms with Crippen LogP contribution < -0.4 is 0 Å². The fourth-order valence-electron chi connectivity index (χ4n) is 1.39. The molecule has 3 nitrogen and oxygen atoms in total. The predicted molar refractivity (Wildman–Crippen MR) is 54.3 cm³/mol. The minimum atomic E-state index is -0.309. The lowest BCUT2D eigenvalue weighted by Gasteiger charge is -2.01. The lowest BCUT2D eigenvalue weighted by atomic mass is 10.3. The number of hydrogen-bond donors (Lipinski definition) is 1. The third-order valence-electron chi connectivity index (χ3n) is 2.14. The first kappa shape index (κ1) is 9.86. The molecule has 0 saturated carbocycles. The van der Waals surface area contributed by atoms with Crippen molar-refractivity contribution in [3.8, 4) is 5.69 Å². The summed E-state index contributed by atoms with van der Waals surface area (Å²) in [7, 11) is 0. The molecule has 0 unspecified atom stereocenters. The molecular formula is C11H11FN2O. The summed E-state index contributed by atoms with van der Waals surface area (Å²) in [5.74, 6) is -0.309. The average molecular weight is 206 g/mol. The van der Waals surface area contributed by atoms with Crippen molar-refractivity contribution in [2.75, 3.05) is 6.61 Å². The van der Waals surface area contributed by atoms with Crippen molar-refractivity contribution in [2.24, 2.45) is 0 Å². The molecule has 1 aromatic carbocycles. The number of halogens is 1. The van der Waals surface area contributed by atoms with E-state index in [-0.39, 0.29) is 12.4 Å². The maximum atomic E-state index is 13.4. The molecule has 1 aromatic heterocycles. The Morgan fingerprint density at radius 3 is 2.87 bits per heavy atom. The van der Waals surface area contributed by atoms with Gasteiger partial charge in [-0.1, -0.05) is 12.1 Å². The molecule has 0 aliphatic carbocycles. The van der Waals surface area contributed by atoms with Gasteiger partial charge in [0, 0.05) is 12.8 Å². The van der Waals surface area contributed by atoms with Gasteiger partial charge in [-0.05, 0) is 24.1 Å². The van der Waals surface area contributed by atoms with Crippen LogP contribution in [0.1, 0.15) is 5.56 Å². The van der Waals surface area contributed by atoms with Gasteiger partial charge < -0.3 is 5.11 Å². The van der Waals surface area contributed by atoms with E-state index in [1.165, 1.54) is 10.7 Å². The van der Waals surface area contributed by atoms with Gasteiger partial charge in [-0.15, -0.1) is 0 Å². The van der Waals surface area contributed by atoms with Crippen molar-refractivity contribution >= 4 is 0 Å². The topological polar surface area (TPSA) is 38.1 Å². The van der Waals surface area contributed by atoms with Gasteiger partial charge in [0.2, 0.25) is 0 Å². The second-order valence-electron chi connectivity index (χ2n) is 3.22. The Morgan fingerprint density at radius 2 is 2.13 bits per heavy atom. The number of nitrogens with zero attached hydrogens (tertiary/aromatic N) is 2. The van der Waals surface area contributed by atoms with Crippen LogP contribution in [-0.4, -0.2) is 21.5 Å².